The van der Waals surface area contributed by atoms with Crippen molar-refractivity contribution in [2.75, 3.05) is 0 Å². The molecule has 19 heavy (non-hydrogen) atoms. The molecule has 0 radical (unpaired) electrons. The van der Waals surface area contributed by atoms with Crippen molar-refractivity contribution in [2.24, 2.45) is 0 Å². The summed E-state index contributed by atoms with van der Waals surface area (Å²) in [6.07, 6.45) is 0. The minimum atomic E-state index is 0.529. The number of hydrogen-bond donors (Lipinski definition) is 0. The third kappa shape index (κ3) is 3.36. The summed E-state index contributed by atoms with van der Waals surface area (Å²) in [5.74, 6) is 0.863. The molecule has 0 saturated carbocycles. The van der Waals surface area contributed by atoms with Gasteiger partial charge in [0.05, 0.1) is 11.6 Å². The molecule has 96 valence electrons. The zero-order valence-electron chi connectivity index (χ0n) is 10.9. The SMILES string of the molecule is Cc1cc(C#N)cc(C)c1OCc1ccc(Br)cc1. The standard InChI is InChI=1S/C16H14BrNO/c1-11-7-14(9-18)8-12(2)16(11)19-10-13-3-5-15(17)6-4-13/h3-8H,10H2,1-2H3. The van der Waals surface area contributed by atoms with Crippen LogP contribution in [0.4, 0.5) is 0 Å². The zero-order chi connectivity index (χ0) is 13.8. The van der Waals surface area contributed by atoms with Crippen molar-refractivity contribution in [3.8, 4) is 11.8 Å². The van der Waals surface area contributed by atoms with Crippen LogP contribution in [0, 0.1) is 25.2 Å². The number of nitriles is 1. The van der Waals surface area contributed by atoms with E-state index in [9.17, 15) is 0 Å². The number of aryl methyl sites for hydroxylation is 2. The minimum Gasteiger partial charge on any atom is -0.488 e. The van der Waals surface area contributed by atoms with Gasteiger partial charge in [-0.05, 0) is 54.8 Å². The Labute approximate surface area is 121 Å². The Morgan fingerprint density at radius 1 is 1.11 bits per heavy atom. The first-order valence-corrected chi connectivity index (χ1v) is 6.78. The average molecular weight is 316 g/mol. The maximum atomic E-state index is 8.92. The summed E-state index contributed by atoms with van der Waals surface area (Å²) >= 11 is 3.41. The molecule has 0 bridgehead atoms. The van der Waals surface area contributed by atoms with Crippen LogP contribution in [-0.4, -0.2) is 0 Å². The van der Waals surface area contributed by atoms with Crippen LogP contribution in [0.3, 0.4) is 0 Å². The van der Waals surface area contributed by atoms with Crippen molar-refractivity contribution in [2.45, 2.75) is 20.5 Å². The Hall–Kier alpha value is -1.79. The van der Waals surface area contributed by atoms with Crippen LogP contribution in [0.5, 0.6) is 5.75 Å². The Balaban J connectivity index is 2.16. The molecule has 0 aromatic heterocycles. The fourth-order valence-electron chi connectivity index (χ4n) is 1.98. The summed E-state index contributed by atoms with van der Waals surface area (Å²) in [7, 11) is 0. The first kappa shape index (κ1) is 13.6. The van der Waals surface area contributed by atoms with E-state index >= 15 is 0 Å². The van der Waals surface area contributed by atoms with Crippen LogP contribution < -0.4 is 4.74 Å². The Morgan fingerprint density at radius 2 is 1.68 bits per heavy atom. The Morgan fingerprint density at radius 3 is 2.21 bits per heavy atom. The van der Waals surface area contributed by atoms with Gasteiger partial charge in [-0.15, -0.1) is 0 Å². The quantitative estimate of drug-likeness (QED) is 0.834. The van der Waals surface area contributed by atoms with Crippen molar-refractivity contribution in [3.05, 3.63) is 63.1 Å². The minimum absolute atomic E-state index is 0.529. The van der Waals surface area contributed by atoms with E-state index < -0.39 is 0 Å². The molecule has 0 amide bonds. The number of rotatable bonds is 3. The molecular formula is C16H14BrNO. The summed E-state index contributed by atoms with van der Waals surface area (Å²) in [4.78, 5) is 0. The highest BCUT2D eigenvalue weighted by Gasteiger charge is 2.06. The molecule has 0 heterocycles. The molecule has 2 aromatic rings. The molecule has 0 atom stereocenters. The van der Waals surface area contributed by atoms with Crippen LogP contribution >= 0.6 is 15.9 Å². The van der Waals surface area contributed by atoms with Crippen molar-refractivity contribution in [3.63, 3.8) is 0 Å². The number of nitrogens with zero attached hydrogens (tertiary/aromatic N) is 1. The molecule has 0 spiro atoms. The molecule has 0 aliphatic heterocycles. The Bertz CT molecular complexity index is 603. The molecule has 0 N–H and O–H groups in total. The molecule has 2 rings (SSSR count). The third-order valence-electron chi connectivity index (χ3n) is 2.89. The molecule has 0 unspecified atom stereocenters. The highest BCUT2D eigenvalue weighted by molar-refractivity contribution is 9.10. The molecule has 2 nitrogen and oxygen atoms in total. The summed E-state index contributed by atoms with van der Waals surface area (Å²) in [5, 5.41) is 8.92. The van der Waals surface area contributed by atoms with E-state index in [-0.39, 0.29) is 0 Å². The van der Waals surface area contributed by atoms with E-state index in [1.165, 1.54) is 0 Å². The van der Waals surface area contributed by atoms with Gasteiger partial charge in [-0.2, -0.15) is 5.26 Å². The summed E-state index contributed by atoms with van der Waals surface area (Å²) in [6.45, 7) is 4.45. The molecular weight excluding hydrogens is 302 g/mol. The lowest BCUT2D eigenvalue weighted by molar-refractivity contribution is 0.302. The highest BCUT2D eigenvalue weighted by Crippen LogP contribution is 2.25. The van der Waals surface area contributed by atoms with E-state index in [0.717, 1.165) is 26.9 Å². The number of halogens is 1. The molecule has 3 heteroatoms. The highest BCUT2D eigenvalue weighted by atomic mass is 79.9. The number of benzene rings is 2. The van der Waals surface area contributed by atoms with E-state index in [0.29, 0.717) is 12.2 Å². The Kier molecular flexibility index (Phi) is 4.24. The predicted octanol–water partition coefficient (Wildman–Crippen LogP) is 4.52. The molecule has 0 aliphatic rings. The smallest absolute Gasteiger partial charge is 0.125 e. The maximum Gasteiger partial charge on any atom is 0.125 e. The molecule has 0 aliphatic carbocycles. The van der Waals surface area contributed by atoms with Gasteiger partial charge < -0.3 is 4.74 Å². The zero-order valence-corrected chi connectivity index (χ0v) is 12.5. The third-order valence-corrected chi connectivity index (χ3v) is 3.41. The van der Waals surface area contributed by atoms with Gasteiger partial charge in [-0.3, -0.25) is 0 Å². The van der Waals surface area contributed by atoms with Gasteiger partial charge in [0.25, 0.3) is 0 Å². The topological polar surface area (TPSA) is 33.0 Å². The lowest BCUT2D eigenvalue weighted by Crippen LogP contribution is -1.99. The summed E-state index contributed by atoms with van der Waals surface area (Å²) < 4.78 is 6.93. The number of hydrogen-bond acceptors (Lipinski definition) is 2. The van der Waals surface area contributed by atoms with Gasteiger partial charge >= 0.3 is 0 Å². The van der Waals surface area contributed by atoms with E-state index in [1.54, 1.807) is 0 Å². The van der Waals surface area contributed by atoms with Gasteiger partial charge in [0.1, 0.15) is 12.4 Å². The second kappa shape index (κ2) is 5.90. The number of ether oxygens (including phenoxy) is 1. The second-order valence-electron chi connectivity index (χ2n) is 4.47. The van der Waals surface area contributed by atoms with Crippen LogP contribution in [0.2, 0.25) is 0 Å². The van der Waals surface area contributed by atoms with Gasteiger partial charge in [0, 0.05) is 4.47 Å². The van der Waals surface area contributed by atoms with E-state index in [2.05, 4.69) is 22.0 Å². The normalized spacial score (nSPS) is 10.0. The van der Waals surface area contributed by atoms with Crippen molar-refractivity contribution >= 4 is 15.9 Å². The maximum absolute atomic E-state index is 8.92. The van der Waals surface area contributed by atoms with Gasteiger partial charge in [-0.1, -0.05) is 28.1 Å². The van der Waals surface area contributed by atoms with Crippen LogP contribution in [-0.2, 0) is 6.61 Å². The van der Waals surface area contributed by atoms with Crippen molar-refractivity contribution in [1.29, 1.82) is 5.26 Å². The summed E-state index contributed by atoms with van der Waals surface area (Å²) in [6, 6.07) is 13.9. The van der Waals surface area contributed by atoms with Crippen LogP contribution in [0.25, 0.3) is 0 Å². The van der Waals surface area contributed by atoms with Crippen molar-refractivity contribution < 1.29 is 4.74 Å². The monoisotopic (exact) mass is 315 g/mol. The van der Waals surface area contributed by atoms with Gasteiger partial charge in [0.2, 0.25) is 0 Å². The average Bonchev–Trinajstić information content (AvgIpc) is 2.39. The molecule has 0 saturated heterocycles. The van der Waals surface area contributed by atoms with Crippen molar-refractivity contribution in [1.82, 2.24) is 0 Å². The van der Waals surface area contributed by atoms with E-state index in [4.69, 9.17) is 10.00 Å². The fraction of sp³-hybridized carbons (Fsp3) is 0.188. The largest absolute Gasteiger partial charge is 0.488 e. The van der Waals surface area contributed by atoms with Gasteiger partial charge in [-0.25, -0.2) is 0 Å². The fourth-order valence-corrected chi connectivity index (χ4v) is 2.24. The molecule has 2 aromatic carbocycles. The first-order chi connectivity index (χ1) is 9.10. The van der Waals surface area contributed by atoms with E-state index in [1.807, 2.05) is 50.2 Å². The first-order valence-electron chi connectivity index (χ1n) is 5.99. The summed E-state index contributed by atoms with van der Waals surface area (Å²) in [5.41, 5.74) is 3.78. The second-order valence-corrected chi connectivity index (χ2v) is 5.38. The van der Waals surface area contributed by atoms with Crippen LogP contribution in [0.15, 0.2) is 40.9 Å². The lowest BCUT2D eigenvalue weighted by atomic mass is 10.1. The van der Waals surface area contributed by atoms with Crippen LogP contribution in [0.1, 0.15) is 22.3 Å². The predicted molar refractivity (Wildman–Crippen MR) is 79.1 cm³/mol. The lowest BCUT2D eigenvalue weighted by Gasteiger charge is -2.12. The molecule has 0 fully saturated rings. The van der Waals surface area contributed by atoms with Gasteiger partial charge in [0.15, 0.2) is 0 Å².